The van der Waals surface area contributed by atoms with Crippen LogP contribution in [0.25, 0.3) is 0 Å². The minimum Gasteiger partial charge on any atom is -0.355 e. The van der Waals surface area contributed by atoms with Crippen LogP contribution in [0.2, 0.25) is 0 Å². The zero-order valence-corrected chi connectivity index (χ0v) is 7.86. The third kappa shape index (κ3) is 1.78. The van der Waals surface area contributed by atoms with E-state index < -0.39 is 0 Å². The van der Waals surface area contributed by atoms with Gasteiger partial charge in [-0.3, -0.25) is 4.79 Å². The SMILES string of the molecule is O=C1CC(c2ccc(=S)[nH]c2)CN1. The molecule has 2 heterocycles. The van der Waals surface area contributed by atoms with E-state index in [9.17, 15) is 4.79 Å². The maximum atomic E-state index is 11.0. The molecule has 0 radical (unpaired) electrons. The van der Waals surface area contributed by atoms with Crippen molar-refractivity contribution >= 4 is 18.1 Å². The van der Waals surface area contributed by atoms with Gasteiger partial charge in [0.15, 0.2) is 0 Å². The molecule has 0 saturated carbocycles. The Morgan fingerprint density at radius 3 is 2.85 bits per heavy atom. The predicted octanol–water partition coefficient (Wildman–Crippen LogP) is 1.35. The molecule has 0 aromatic carbocycles. The van der Waals surface area contributed by atoms with Crippen LogP contribution in [-0.4, -0.2) is 17.4 Å². The van der Waals surface area contributed by atoms with Gasteiger partial charge >= 0.3 is 0 Å². The highest BCUT2D eigenvalue weighted by Gasteiger charge is 2.22. The molecule has 13 heavy (non-hydrogen) atoms. The van der Waals surface area contributed by atoms with Gasteiger partial charge in [0.05, 0.1) is 0 Å². The van der Waals surface area contributed by atoms with E-state index in [2.05, 4.69) is 10.3 Å². The van der Waals surface area contributed by atoms with Crippen LogP contribution in [0, 0.1) is 4.64 Å². The summed E-state index contributed by atoms with van der Waals surface area (Å²) in [6.45, 7) is 0.740. The lowest BCUT2D eigenvalue weighted by molar-refractivity contribution is -0.119. The molecule has 2 rings (SSSR count). The van der Waals surface area contributed by atoms with Crippen LogP contribution in [-0.2, 0) is 4.79 Å². The number of amides is 1. The molecule has 1 aliphatic heterocycles. The van der Waals surface area contributed by atoms with Crippen LogP contribution in [0.5, 0.6) is 0 Å². The maximum Gasteiger partial charge on any atom is 0.220 e. The van der Waals surface area contributed by atoms with E-state index in [1.165, 1.54) is 0 Å². The van der Waals surface area contributed by atoms with E-state index in [-0.39, 0.29) is 5.91 Å². The van der Waals surface area contributed by atoms with Gasteiger partial charge < -0.3 is 10.3 Å². The summed E-state index contributed by atoms with van der Waals surface area (Å²) in [5.74, 6) is 0.437. The summed E-state index contributed by atoms with van der Waals surface area (Å²) in [5.41, 5.74) is 1.15. The van der Waals surface area contributed by atoms with Crippen LogP contribution in [0.1, 0.15) is 17.9 Å². The van der Waals surface area contributed by atoms with Crippen molar-refractivity contribution in [3.63, 3.8) is 0 Å². The first kappa shape index (κ1) is 8.44. The van der Waals surface area contributed by atoms with Crippen LogP contribution >= 0.6 is 12.2 Å². The average molecular weight is 194 g/mol. The monoisotopic (exact) mass is 194 g/mol. The third-order valence-electron chi connectivity index (χ3n) is 2.26. The predicted molar refractivity (Wildman–Crippen MR) is 52.0 cm³/mol. The van der Waals surface area contributed by atoms with Gasteiger partial charge in [0, 0.05) is 25.1 Å². The molecule has 1 aromatic heterocycles. The molecular weight excluding hydrogens is 184 g/mol. The molecule has 2 N–H and O–H groups in total. The number of carbonyl (C=O) groups is 1. The lowest BCUT2D eigenvalue weighted by Gasteiger charge is -2.05. The molecule has 0 aliphatic carbocycles. The maximum absolute atomic E-state index is 11.0. The Labute approximate surface area is 81.2 Å². The summed E-state index contributed by atoms with van der Waals surface area (Å²) in [7, 11) is 0. The highest BCUT2D eigenvalue weighted by Crippen LogP contribution is 2.21. The zero-order chi connectivity index (χ0) is 9.26. The fourth-order valence-corrected chi connectivity index (χ4v) is 1.64. The normalized spacial score (nSPS) is 21.5. The second-order valence-corrected chi connectivity index (χ2v) is 3.63. The first-order chi connectivity index (χ1) is 6.25. The molecule has 1 unspecified atom stereocenters. The summed E-state index contributed by atoms with van der Waals surface area (Å²) < 4.78 is 0.723. The molecule has 1 amide bonds. The Morgan fingerprint density at radius 1 is 1.46 bits per heavy atom. The minimum atomic E-state index is 0.132. The standard InChI is InChI=1S/C9H10N2OS/c12-8-3-7(5-10-8)6-1-2-9(13)11-4-6/h1-2,4,7H,3,5H2,(H,10,12)(H,11,13). The third-order valence-corrected chi connectivity index (χ3v) is 2.51. The number of nitrogens with one attached hydrogen (secondary N) is 2. The van der Waals surface area contributed by atoms with Crippen molar-refractivity contribution in [1.82, 2.24) is 10.3 Å². The first-order valence-electron chi connectivity index (χ1n) is 4.21. The van der Waals surface area contributed by atoms with Crippen LogP contribution in [0.3, 0.4) is 0 Å². The number of aromatic amines is 1. The Hall–Kier alpha value is -1.16. The Bertz CT molecular complexity index is 365. The molecule has 0 bridgehead atoms. The van der Waals surface area contributed by atoms with Gasteiger partial charge in [-0.05, 0) is 11.6 Å². The van der Waals surface area contributed by atoms with Gasteiger partial charge in [-0.2, -0.15) is 0 Å². The molecule has 1 saturated heterocycles. The molecular formula is C9H10N2OS. The molecule has 68 valence electrons. The largest absolute Gasteiger partial charge is 0.355 e. The van der Waals surface area contributed by atoms with Crippen molar-refractivity contribution in [2.45, 2.75) is 12.3 Å². The molecule has 1 atom stereocenters. The molecule has 4 heteroatoms. The van der Waals surface area contributed by atoms with Crippen LogP contribution in [0.4, 0.5) is 0 Å². The number of pyridine rings is 1. The number of hydrogen-bond acceptors (Lipinski definition) is 2. The fraction of sp³-hybridized carbons (Fsp3) is 0.333. The van der Waals surface area contributed by atoms with Crippen LogP contribution < -0.4 is 5.32 Å². The number of aromatic nitrogens is 1. The van der Waals surface area contributed by atoms with Crippen molar-refractivity contribution in [2.75, 3.05) is 6.54 Å². The molecule has 1 aromatic rings. The summed E-state index contributed by atoms with van der Waals surface area (Å²) >= 11 is 4.93. The minimum absolute atomic E-state index is 0.132. The zero-order valence-electron chi connectivity index (χ0n) is 7.04. The lowest BCUT2D eigenvalue weighted by atomic mass is 10.0. The highest BCUT2D eigenvalue weighted by atomic mass is 32.1. The van der Waals surface area contributed by atoms with Crippen LogP contribution in [0.15, 0.2) is 18.3 Å². The lowest BCUT2D eigenvalue weighted by Crippen LogP contribution is -2.13. The Kier molecular flexibility index (Phi) is 2.14. The van der Waals surface area contributed by atoms with Gasteiger partial charge in [0.25, 0.3) is 0 Å². The first-order valence-corrected chi connectivity index (χ1v) is 4.62. The van der Waals surface area contributed by atoms with Crippen molar-refractivity contribution in [3.8, 4) is 0 Å². The van der Waals surface area contributed by atoms with Crippen molar-refractivity contribution in [2.24, 2.45) is 0 Å². The average Bonchev–Trinajstić information content (AvgIpc) is 2.53. The van der Waals surface area contributed by atoms with E-state index in [1.807, 2.05) is 18.3 Å². The number of H-pyrrole nitrogens is 1. The summed E-state index contributed by atoms with van der Waals surface area (Å²) in [6.07, 6.45) is 2.47. The highest BCUT2D eigenvalue weighted by molar-refractivity contribution is 7.71. The second-order valence-electron chi connectivity index (χ2n) is 3.19. The van der Waals surface area contributed by atoms with E-state index in [0.717, 1.165) is 16.7 Å². The van der Waals surface area contributed by atoms with E-state index in [4.69, 9.17) is 12.2 Å². The topological polar surface area (TPSA) is 44.9 Å². The van der Waals surface area contributed by atoms with E-state index in [0.29, 0.717) is 12.3 Å². The number of rotatable bonds is 1. The molecule has 1 aliphatic rings. The molecule has 0 spiro atoms. The van der Waals surface area contributed by atoms with Gasteiger partial charge in [-0.25, -0.2) is 0 Å². The molecule has 1 fully saturated rings. The Morgan fingerprint density at radius 2 is 2.31 bits per heavy atom. The van der Waals surface area contributed by atoms with Gasteiger partial charge in [-0.15, -0.1) is 0 Å². The smallest absolute Gasteiger partial charge is 0.220 e. The fourth-order valence-electron chi connectivity index (χ4n) is 1.52. The van der Waals surface area contributed by atoms with Crippen molar-refractivity contribution in [1.29, 1.82) is 0 Å². The summed E-state index contributed by atoms with van der Waals surface area (Å²) in [6, 6.07) is 3.83. The summed E-state index contributed by atoms with van der Waals surface area (Å²) in [4.78, 5) is 13.9. The van der Waals surface area contributed by atoms with Gasteiger partial charge in [0.1, 0.15) is 4.64 Å². The van der Waals surface area contributed by atoms with Gasteiger partial charge in [0.2, 0.25) is 5.91 Å². The van der Waals surface area contributed by atoms with E-state index >= 15 is 0 Å². The second kappa shape index (κ2) is 3.30. The van der Waals surface area contributed by atoms with Crippen molar-refractivity contribution < 1.29 is 4.79 Å². The van der Waals surface area contributed by atoms with Gasteiger partial charge in [-0.1, -0.05) is 18.3 Å². The van der Waals surface area contributed by atoms with E-state index in [1.54, 1.807) is 0 Å². The Balaban J connectivity index is 2.21. The van der Waals surface area contributed by atoms with Crippen molar-refractivity contribution in [3.05, 3.63) is 28.5 Å². The molecule has 3 nitrogen and oxygen atoms in total. The number of carbonyl (C=O) groups excluding carboxylic acids is 1. The number of hydrogen-bond donors (Lipinski definition) is 2. The quantitative estimate of drug-likeness (QED) is 0.663. The summed E-state index contributed by atoms with van der Waals surface area (Å²) in [5, 5.41) is 2.80.